The van der Waals surface area contributed by atoms with Gasteiger partial charge in [0.15, 0.2) is 23.1 Å². The van der Waals surface area contributed by atoms with Gasteiger partial charge in [-0.3, -0.25) is 5.10 Å². The molecule has 7 heteroatoms. The fourth-order valence-electron chi connectivity index (χ4n) is 2.54. The van der Waals surface area contributed by atoms with E-state index in [1.807, 2.05) is 30.3 Å². The molecule has 0 bridgehead atoms. The molecule has 0 radical (unpaired) electrons. The van der Waals surface area contributed by atoms with Crippen LogP contribution in [0.5, 0.6) is 23.0 Å². The lowest BCUT2D eigenvalue weighted by Gasteiger charge is -2.14. The minimum atomic E-state index is 0.505. The molecule has 0 saturated carbocycles. The summed E-state index contributed by atoms with van der Waals surface area (Å²) in [6.07, 6.45) is 0. The van der Waals surface area contributed by atoms with Crippen LogP contribution in [0.2, 0.25) is 0 Å². The van der Waals surface area contributed by atoms with Crippen LogP contribution in [0.15, 0.2) is 36.4 Å². The Morgan fingerprint density at radius 1 is 0.760 bits per heavy atom. The van der Waals surface area contributed by atoms with E-state index in [9.17, 15) is 0 Å². The second kappa shape index (κ2) is 7.12. The molecular formula is C18H19N3O4. The number of nitrogens with zero attached hydrogens (tertiary/aromatic N) is 2. The first-order valence-corrected chi connectivity index (χ1v) is 7.58. The van der Waals surface area contributed by atoms with Crippen molar-refractivity contribution in [2.45, 2.75) is 0 Å². The van der Waals surface area contributed by atoms with Crippen LogP contribution in [0.1, 0.15) is 0 Å². The number of ether oxygens (including phenoxy) is 4. The Balaban J connectivity index is 2.02. The summed E-state index contributed by atoms with van der Waals surface area (Å²) in [5.74, 6) is 3.54. The third-order valence-electron chi connectivity index (χ3n) is 3.79. The topological polar surface area (TPSA) is 78.5 Å². The first kappa shape index (κ1) is 16.6. The van der Waals surface area contributed by atoms with E-state index in [1.165, 1.54) is 0 Å². The Morgan fingerprint density at radius 3 is 2.08 bits per heavy atom. The number of methoxy groups -OCH3 is 4. The molecule has 0 atom stereocenters. The first-order valence-electron chi connectivity index (χ1n) is 7.58. The van der Waals surface area contributed by atoms with Gasteiger partial charge in [0.25, 0.3) is 0 Å². The summed E-state index contributed by atoms with van der Waals surface area (Å²) in [6.45, 7) is 0. The van der Waals surface area contributed by atoms with Crippen LogP contribution in [0.4, 0.5) is 0 Å². The molecule has 0 aliphatic heterocycles. The highest BCUT2D eigenvalue weighted by Crippen LogP contribution is 2.43. The number of hydrogen-bond acceptors (Lipinski definition) is 6. The van der Waals surface area contributed by atoms with Gasteiger partial charge in [-0.25, -0.2) is 4.98 Å². The Kier molecular flexibility index (Phi) is 4.74. The van der Waals surface area contributed by atoms with Crippen molar-refractivity contribution in [2.75, 3.05) is 28.4 Å². The molecule has 1 N–H and O–H groups in total. The maximum Gasteiger partial charge on any atom is 0.204 e. The van der Waals surface area contributed by atoms with E-state index >= 15 is 0 Å². The molecule has 130 valence electrons. The minimum absolute atomic E-state index is 0.505. The zero-order chi connectivity index (χ0) is 17.8. The van der Waals surface area contributed by atoms with Crippen molar-refractivity contribution in [1.29, 1.82) is 0 Å². The number of hydrogen-bond donors (Lipinski definition) is 1. The predicted octanol–water partition coefficient (Wildman–Crippen LogP) is 3.17. The summed E-state index contributed by atoms with van der Waals surface area (Å²) in [5.41, 5.74) is 1.61. The van der Waals surface area contributed by atoms with Crippen molar-refractivity contribution in [3.8, 4) is 45.8 Å². The van der Waals surface area contributed by atoms with Crippen LogP contribution in [0, 0.1) is 0 Å². The van der Waals surface area contributed by atoms with Crippen molar-refractivity contribution in [1.82, 2.24) is 15.2 Å². The summed E-state index contributed by atoms with van der Waals surface area (Å²) >= 11 is 0. The second-order valence-electron chi connectivity index (χ2n) is 5.12. The Labute approximate surface area is 145 Å². The summed E-state index contributed by atoms with van der Waals surface area (Å²) in [7, 11) is 6.34. The van der Waals surface area contributed by atoms with Gasteiger partial charge in [0, 0.05) is 5.56 Å². The fraction of sp³-hybridized carbons (Fsp3) is 0.222. The van der Waals surface area contributed by atoms with Crippen LogP contribution < -0.4 is 18.9 Å². The number of aromatic amines is 1. The van der Waals surface area contributed by atoms with Crippen LogP contribution >= 0.6 is 0 Å². The summed E-state index contributed by atoms with van der Waals surface area (Å²) < 4.78 is 21.4. The van der Waals surface area contributed by atoms with Crippen LogP contribution in [-0.2, 0) is 0 Å². The molecule has 0 amide bonds. The molecule has 0 unspecified atom stereocenters. The van der Waals surface area contributed by atoms with Gasteiger partial charge in [-0.05, 0) is 36.4 Å². The lowest BCUT2D eigenvalue weighted by atomic mass is 10.1. The lowest BCUT2D eigenvalue weighted by Crippen LogP contribution is -1.97. The molecule has 25 heavy (non-hydrogen) atoms. The van der Waals surface area contributed by atoms with E-state index in [0.29, 0.717) is 28.9 Å². The standard InChI is InChI=1S/C18H19N3O4/c1-22-12-7-5-11(6-8-12)17-19-18(21-20-17)13-9-10-14(23-2)16(25-4)15(13)24-3/h5-10H,1-4H3,(H,19,20,21). The van der Waals surface area contributed by atoms with Gasteiger partial charge in [0.1, 0.15) is 5.75 Å². The van der Waals surface area contributed by atoms with Crippen LogP contribution in [0.25, 0.3) is 22.8 Å². The zero-order valence-electron chi connectivity index (χ0n) is 14.5. The van der Waals surface area contributed by atoms with Gasteiger partial charge < -0.3 is 18.9 Å². The zero-order valence-corrected chi connectivity index (χ0v) is 14.5. The van der Waals surface area contributed by atoms with E-state index in [2.05, 4.69) is 15.2 Å². The molecule has 0 aliphatic rings. The molecular weight excluding hydrogens is 322 g/mol. The van der Waals surface area contributed by atoms with Gasteiger partial charge in [-0.2, -0.15) is 5.10 Å². The minimum Gasteiger partial charge on any atom is -0.497 e. The highest BCUT2D eigenvalue weighted by Gasteiger charge is 2.19. The van der Waals surface area contributed by atoms with Crippen molar-refractivity contribution in [3.05, 3.63) is 36.4 Å². The number of nitrogens with one attached hydrogen (secondary N) is 1. The molecule has 1 heterocycles. The Bertz CT molecular complexity index is 859. The SMILES string of the molecule is COc1ccc(-c2n[nH]c(-c3ccc(OC)c(OC)c3OC)n2)cc1. The van der Waals surface area contributed by atoms with E-state index < -0.39 is 0 Å². The molecule has 2 aromatic carbocycles. The molecule has 3 rings (SSSR count). The molecule has 7 nitrogen and oxygen atoms in total. The average molecular weight is 341 g/mol. The van der Waals surface area contributed by atoms with Gasteiger partial charge in [-0.15, -0.1) is 0 Å². The van der Waals surface area contributed by atoms with E-state index in [1.54, 1.807) is 34.5 Å². The van der Waals surface area contributed by atoms with Gasteiger partial charge in [0.2, 0.25) is 5.75 Å². The monoisotopic (exact) mass is 341 g/mol. The molecule has 0 spiro atoms. The predicted molar refractivity (Wildman–Crippen MR) is 93.5 cm³/mol. The summed E-state index contributed by atoms with van der Waals surface area (Å²) in [5, 5.41) is 7.23. The van der Waals surface area contributed by atoms with Gasteiger partial charge >= 0.3 is 0 Å². The number of benzene rings is 2. The van der Waals surface area contributed by atoms with E-state index in [0.717, 1.165) is 16.9 Å². The third kappa shape index (κ3) is 3.08. The first-order chi connectivity index (χ1) is 12.2. The molecule has 3 aromatic rings. The molecule has 0 fully saturated rings. The van der Waals surface area contributed by atoms with Crippen LogP contribution in [0.3, 0.4) is 0 Å². The molecule has 0 aliphatic carbocycles. The van der Waals surface area contributed by atoms with Crippen molar-refractivity contribution in [2.24, 2.45) is 0 Å². The van der Waals surface area contributed by atoms with Crippen molar-refractivity contribution in [3.63, 3.8) is 0 Å². The van der Waals surface area contributed by atoms with Crippen LogP contribution in [-0.4, -0.2) is 43.6 Å². The Morgan fingerprint density at radius 2 is 1.48 bits per heavy atom. The normalized spacial score (nSPS) is 10.4. The quantitative estimate of drug-likeness (QED) is 0.742. The maximum atomic E-state index is 5.50. The number of H-pyrrole nitrogens is 1. The van der Waals surface area contributed by atoms with E-state index in [4.69, 9.17) is 18.9 Å². The van der Waals surface area contributed by atoms with Gasteiger partial charge in [-0.1, -0.05) is 0 Å². The highest BCUT2D eigenvalue weighted by molar-refractivity contribution is 5.73. The van der Waals surface area contributed by atoms with Gasteiger partial charge in [0.05, 0.1) is 34.0 Å². The average Bonchev–Trinajstić information content (AvgIpc) is 3.16. The largest absolute Gasteiger partial charge is 0.497 e. The molecule has 1 aromatic heterocycles. The summed E-state index contributed by atoms with van der Waals surface area (Å²) in [4.78, 5) is 4.56. The molecule has 0 saturated heterocycles. The van der Waals surface area contributed by atoms with Crippen molar-refractivity contribution < 1.29 is 18.9 Å². The number of rotatable bonds is 6. The van der Waals surface area contributed by atoms with Crippen molar-refractivity contribution >= 4 is 0 Å². The van der Waals surface area contributed by atoms with E-state index in [-0.39, 0.29) is 0 Å². The smallest absolute Gasteiger partial charge is 0.204 e. The maximum absolute atomic E-state index is 5.50. The highest BCUT2D eigenvalue weighted by atomic mass is 16.5. The fourth-order valence-corrected chi connectivity index (χ4v) is 2.54. The summed E-state index contributed by atoms with van der Waals surface area (Å²) in [6, 6.07) is 11.2. The lowest BCUT2D eigenvalue weighted by molar-refractivity contribution is 0.325. The second-order valence-corrected chi connectivity index (χ2v) is 5.12. The Hall–Kier alpha value is -3.22. The number of aromatic nitrogens is 3. The third-order valence-corrected chi connectivity index (χ3v) is 3.79.